The van der Waals surface area contributed by atoms with Gasteiger partial charge in [-0.2, -0.15) is 16.8 Å². The van der Waals surface area contributed by atoms with Crippen LogP contribution < -0.4 is 30.8 Å². The second-order valence-electron chi connectivity index (χ2n) is 18.2. The fraction of sp³-hybridized carbons (Fsp3) is 0.409. The normalized spacial score (nSPS) is 17.9. The van der Waals surface area contributed by atoms with Gasteiger partial charge in [-0.25, -0.2) is 9.59 Å². The van der Waals surface area contributed by atoms with Gasteiger partial charge in [0.25, 0.3) is 20.2 Å². The summed E-state index contributed by atoms with van der Waals surface area (Å²) in [7, 11) is -10.6. The average Bonchev–Trinajstić information content (AvgIpc) is 3.51. The van der Waals surface area contributed by atoms with E-state index in [2.05, 4.69) is 15.6 Å². The molecule has 24 heteroatoms. The van der Waals surface area contributed by atoms with Crippen LogP contribution in [0, 0.1) is 0 Å². The van der Waals surface area contributed by atoms with Crippen LogP contribution in [-0.4, -0.2) is 87.2 Å². The van der Waals surface area contributed by atoms with E-state index >= 15 is 0 Å². The quantitative estimate of drug-likeness (QED) is 0.0246. The molecule has 3 aromatic carbocycles. The number of carboxylic acids is 1. The number of carbonyl (C=O) groups excluding carboxylic acids is 2. The van der Waals surface area contributed by atoms with Crippen molar-refractivity contribution in [2.24, 2.45) is 4.99 Å². The number of carboxylic acid groups (broad SMARTS) is 1. The van der Waals surface area contributed by atoms with Crippen molar-refractivity contribution in [1.82, 2.24) is 10.0 Å². The van der Waals surface area contributed by atoms with Crippen LogP contribution in [0.25, 0.3) is 5.57 Å². The Morgan fingerprint density at radius 3 is 2.15 bits per heavy atom. The highest BCUT2D eigenvalue weighted by atomic mass is 35.5. The number of amides is 1. The van der Waals surface area contributed by atoms with Gasteiger partial charge in [0.2, 0.25) is 17.7 Å². The van der Waals surface area contributed by atoms with Gasteiger partial charge < -0.3 is 35.5 Å². The first kappa shape index (κ1) is 51.1. The van der Waals surface area contributed by atoms with Gasteiger partial charge in [0, 0.05) is 57.5 Å². The number of benzene rings is 3. The molecule has 4 heterocycles. The average molecular weight is 1060 g/mol. The number of hydrogen-bond donors (Lipinski definition) is 7. The lowest BCUT2D eigenvalue weighted by molar-refractivity contribution is -0.145. The van der Waals surface area contributed by atoms with Crippen LogP contribution in [0.3, 0.4) is 0 Å². The van der Waals surface area contributed by atoms with E-state index < -0.39 is 105 Å². The van der Waals surface area contributed by atoms with Gasteiger partial charge in [0.05, 0.1) is 43.0 Å². The SMILES string of the molecule is CC1CC(C)(C)Nc2c1cc1c(c2S(=O)(=O)O)Oc2c(S(=O)(=O)O)c3c(cc2=C1c1c(Cl)c(SCC(=O)NCCCCCC(=O)On2c(O)ccc2O)c(Cl)c(Cl)c1C(=O)O)C(C)CC(C)(C)N=3. The fourth-order valence-corrected chi connectivity index (χ4v) is 12.8. The van der Waals surface area contributed by atoms with Crippen molar-refractivity contribution in [3.8, 4) is 23.3 Å². The molecule has 7 rings (SSSR count). The van der Waals surface area contributed by atoms with Crippen LogP contribution in [0.2, 0.25) is 15.1 Å². The molecule has 2 unspecified atom stereocenters. The number of aromatic carboxylic acids is 1. The molecule has 0 radical (unpaired) electrons. The van der Waals surface area contributed by atoms with Gasteiger partial charge in [0.1, 0.15) is 0 Å². The predicted molar refractivity (Wildman–Crippen MR) is 253 cm³/mol. The molecule has 18 nitrogen and oxygen atoms in total. The van der Waals surface area contributed by atoms with Crippen LogP contribution in [-0.2, 0) is 29.8 Å². The first-order valence-corrected chi connectivity index (χ1v) is 26.1. The van der Waals surface area contributed by atoms with Gasteiger partial charge in [0.15, 0.2) is 21.3 Å². The molecule has 0 fully saturated rings. The van der Waals surface area contributed by atoms with E-state index in [4.69, 9.17) is 44.4 Å². The smallest absolute Gasteiger partial charge is 0.337 e. The fourth-order valence-electron chi connectivity index (χ4n) is 9.20. The lowest BCUT2D eigenvalue weighted by Crippen LogP contribution is -2.39. The molecular formula is C44H47Cl3N4O14S3. The summed E-state index contributed by atoms with van der Waals surface area (Å²) < 4.78 is 83.6. The number of rotatable bonds is 14. The zero-order chi connectivity index (χ0) is 50.2. The topological polar surface area (TPSA) is 280 Å². The molecule has 4 aromatic rings. The van der Waals surface area contributed by atoms with Crippen molar-refractivity contribution in [3.05, 3.63) is 77.7 Å². The molecule has 0 aliphatic carbocycles. The maximum Gasteiger partial charge on any atom is 0.337 e. The van der Waals surface area contributed by atoms with Crippen LogP contribution >= 0.6 is 46.6 Å². The van der Waals surface area contributed by atoms with Crippen molar-refractivity contribution in [2.75, 3.05) is 17.6 Å². The van der Waals surface area contributed by atoms with Crippen molar-refractivity contribution >= 4 is 95.9 Å². The van der Waals surface area contributed by atoms with Gasteiger partial charge in [-0.15, -0.1) is 16.5 Å². The van der Waals surface area contributed by atoms with E-state index in [1.54, 1.807) is 19.9 Å². The first-order chi connectivity index (χ1) is 31.5. The molecular weight excluding hydrogens is 1010 g/mol. The summed E-state index contributed by atoms with van der Waals surface area (Å²) in [6, 6.07) is 5.36. The Morgan fingerprint density at radius 2 is 1.53 bits per heavy atom. The summed E-state index contributed by atoms with van der Waals surface area (Å²) in [4.78, 5) is 46.7. The highest BCUT2D eigenvalue weighted by Crippen LogP contribution is 2.54. The Labute approximate surface area is 410 Å². The first-order valence-electron chi connectivity index (χ1n) is 21.1. The number of thioether (sulfide) groups is 1. The number of aromatic nitrogens is 1. The standard InChI is InChI=1S/C44H47Cl3N4O14S3/c1-19-16-43(3,4)49-35-21(19)14-23-29(24-15-22-20(2)17-44(5,6)50-36(22)41(68(61,62)63)38(24)64-37(23)40(35)67(58,59)60)30-31(42(56)57)32(45)34(47)39(33(30)46)66-18-25(52)48-13-9-7-8-10-28(55)65-51-26(53)11-12-27(51)54/h11-12,14-15,19-20,49,53-54H,7-10,13,16-18H2,1-6H3,(H,48,52)(H,56,57)(H,58,59,60)(H,61,62,63). The van der Waals surface area contributed by atoms with E-state index in [9.17, 15) is 55.6 Å². The van der Waals surface area contributed by atoms with Crippen LogP contribution in [0.15, 0.2) is 43.9 Å². The zero-order valence-electron chi connectivity index (χ0n) is 37.3. The van der Waals surface area contributed by atoms with Gasteiger partial charge >= 0.3 is 11.9 Å². The van der Waals surface area contributed by atoms with E-state index in [0.29, 0.717) is 48.0 Å². The maximum absolute atomic E-state index is 13.7. The molecule has 1 amide bonds. The predicted octanol–water partition coefficient (Wildman–Crippen LogP) is 7.43. The van der Waals surface area contributed by atoms with Crippen LogP contribution in [0.1, 0.15) is 125 Å². The van der Waals surface area contributed by atoms with Gasteiger partial charge in [-0.1, -0.05) is 55.1 Å². The summed E-state index contributed by atoms with van der Waals surface area (Å²) in [6.07, 6.45) is 2.10. The number of halogens is 3. The highest BCUT2D eigenvalue weighted by molar-refractivity contribution is 8.00. The van der Waals surface area contributed by atoms with Gasteiger partial charge in [-0.05, 0) is 88.5 Å². The maximum atomic E-state index is 13.7. The van der Waals surface area contributed by atoms with Crippen molar-refractivity contribution < 1.29 is 65.2 Å². The second kappa shape index (κ2) is 18.5. The van der Waals surface area contributed by atoms with Crippen molar-refractivity contribution in [2.45, 2.75) is 118 Å². The minimum Gasteiger partial charge on any atom is -0.492 e. The molecule has 68 heavy (non-hydrogen) atoms. The van der Waals surface area contributed by atoms with Crippen LogP contribution in [0.5, 0.6) is 23.3 Å². The molecule has 3 aliphatic heterocycles. The largest absolute Gasteiger partial charge is 0.492 e. The summed E-state index contributed by atoms with van der Waals surface area (Å²) in [5.41, 5.74) is -2.35. The number of carbonyl (C=O) groups is 3. The Kier molecular flexibility index (Phi) is 13.9. The van der Waals surface area contributed by atoms with E-state index in [0.717, 1.165) is 23.9 Å². The Bertz CT molecular complexity index is 3170. The minimum absolute atomic E-state index is 0.0484. The number of unbranched alkanes of at least 4 members (excludes halogenated alkanes) is 2. The molecule has 366 valence electrons. The zero-order valence-corrected chi connectivity index (χ0v) is 42.0. The third kappa shape index (κ3) is 9.85. The van der Waals surface area contributed by atoms with E-state index in [-0.39, 0.29) is 66.6 Å². The molecule has 0 bridgehead atoms. The Hall–Kier alpha value is -4.74. The Morgan fingerprint density at radius 1 is 0.897 bits per heavy atom. The summed E-state index contributed by atoms with van der Waals surface area (Å²) >= 11 is 21.6. The van der Waals surface area contributed by atoms with Crippen LogP contribution in [0.4, 0.5) is 5.69 Å². The van der Waals surface area contributed by atoms with Crippen molar-refractivity contribution in [3.63, 3.8) is 0 Å². The number of nitrogens with one attached hydrogen (secondary N) is 2. The lowest BCUT2D eigenvalue weighted by atomic mass is 9.79. The second-order valence-corrected chi connectivity index (χ2v) is 23.1. The van der Waals surface area contributed by atoms with Gasteiger partial charge in [-0.3, -0.25) is 18.9 Å². The molecule has 3 aliphatic rings. The third-order valence-corrected chi connectivity index (χ3v) is 16.1. The number of aromatic hydroxyl groups is 2. The number of hydrogen-bond acceptors (Lipinski definition) is 14. The molecule has 1 aromatic heterocycles. The van der Waals surface area contributed by atoms with E-state index in [1.807, 2.05) is 27.7 Å². The summed E-state index contributed by atoms with van der Waals surface area (Å²) in [6.45, 7) is 11.0. The summed E-state index contributed by atoms with van der Waals surface area (Å²) in [5, 5.41) is 34.6. The number of anilines is 1. The summed E-state index contributed by atoms with van der Waals surface area (Å²) in [5.74, 6) is -6.19. The Balaban J connectivity index is 1.36. The molecule has 0 spiro atoms. The molecule has 0 saturated heterocycles. The molecule has 7 N–H and O–H groups in total. The van der Waals surface area contributed by atoms with Crippen molar-refractivity contribution in [1.29, 1.82) is 0 Å². The molecule has 0 saturated carbocycles. The highest BCUT2D eigenvalue weighted by Gasteiger charge is 2.43. The minimum atomic E-state index is -5.31. The van der Waals surface area contributed by atoms with E-state index in [1.165, 1.54) is 6.07 Å². The lowest BCUT2D eigenvalue weighted by Gasteiger charge is -2.40. The number of ether oxygens (including phenoxy) is 1. The number of fused-ring (bicyclic) bond motifs is 4. The number of nitrogens with zero attached hydrogens (tertiary/aromatic N) is 2. The molecule has 2 atom stereocenters. The monoisotopic (exact) mass is 1060 g/mol. The third-order valence-electron chi connectivity index (χ3n) is 11.8.